The van der Waals surface area contributed by atoms with E-state index in [1.54, 1.807) is 6.08 Å². The number of benzene rings is 1. The van der Waals surface area contributed by atoms with Crippen LogP contribution in [0.4, 0.5) is 0 Å². The van der Waals surface area contributed by atoms with Gasteiger partial charge in [-0.1, -0.05) is 91.6 Å². The van der Waals surface area contributed by atoms with Crippen molar-refractivity contribution in [2.75, 3.05) is 0 Å². The summed E-state index contributed by atoms with van der Waals surface area (Å²) in [5.74, 6) is 0. The molecule has 0 amide bonds. The minimum atomic E-state index is 0. The van der Waals surface area contributed by atoms with Gasteiger partial charge in [0.25, 0.3) is 0 Å². The molecule has 17 heavy (non-hydrogen) atoms. The Bertz CT molecular complexity index is 414. The van der Waals surface area contributed by atoms with Crippen LogP contribution in [0.25, 0.3) is 6.08 Å². The fourth-order valence-electron chi connectivity index (χ4n) is 1.13. The van der Waals surface area contributed by atoms with Gasteiger partial charge in [-0.05, 0) is 5.56 Å². The predicted molar refractivity (Wildman–Crippen MR) is 74.2 cm³/mol. The standard InChI is InChI=1S/C16H16.Li.H/c1-2-3-4-5-6-7-8-10-13-16-14-11-9-12-15-16;;/h2-15H,1H2;;/q;+1;-1. The van der Waals surface area contributed by atoms with Crippen LogP contribution in [0.15, 0.2) is 85.5 Å². The van der Waals surface area contributed by atoms with Crippen LogP contribution in [0, 0.1) is 0 Å². The van der Waals surface area contributed by atoms with Crippen LogP contribution < -0.4 is 18.9 Å². The summed E-state index contributed by atoms with van der Waals surface area (Å²) in [5, 5.41) is 0. The molecule has 0 atom stereocenters. The van der Waals surface area contributed by atoms with E-state index < -0.39 is 0 Å². The summed E-state index contributed by atoms with van der Waals surface area (Å²) in [6.07, 6.45) is 17.6. The topological polar surface area (TPSA) is 0 Å². The number of hydrogen-bond donors (Lipinski definition) is 0. The molecule has 0 N–H and O–H groups in total. The Hall–Kier alpha value is -1.48. The van der Waals surface area contributed by atoms with Crippen LogP contribution >= 0.6 is 0 Å². The Labute approximate surface area is 117 Å². The second-order valence-electron chi connectivity index (χ2n) is 3.16. The first-order valence-electron chi connectivity index (χ1n) is 5.27. The van der Waals surface area contributed by atoms with Gasteiger partial charge in [-0.15, -0.1) is 0 Å². The van der Waals surface area contributed by atoms with Gasteiger partial charge < -0.3 is 1.43 Å². The summed E-state index contributed by atoms with van der Waals surface area (Å²) >= 11 is 0. The molecular weight excluding hydrogens is 199 g/mol. The first kappa shape index (κ1) is 15.5. The fraction of sp³-hybridized carbons (Fsp3) is 0. The van der Waals surface area contributed by atoms with E-state index in [0.29, 0.717) is 0 Å². The van der Waals surface area contributed by atoms with Gasteiger partial charge in [0.05, 0.1) is 0 Å². The van der Waals surface area contributed by atoms with Gasteiger partial charge in [-0.25, -0.2) is 0 Å². The van der Waals surface area contributed by atoms with Gasteiger partial charge in [-0.2, -0.15) is 0 Å². The molecule has 0 heterocycles. The van der Waals surface area contributed by atoms with Crippen LogP contribution in [0.3, 0.4) is 0 Å². The van der Waals surface area contributed by atoms with Crippen molar-refractivity contribution in [1.82, 2.24) is 0 Å². The molecule has 0 aliphatic heterocycles. The van der Waals surface area contributed by atoms with Crippen LogP contribution in [-0.4, -0.2) is 0 Å². The van der Waals surface area contributed by atoms with Gasteiger partial charge in [0, 0.05) is 0 Å². The molecule has 0 aromatic heterocycles. The van der Waals surface area contributed by atoms with E-state index in [9.17, 15) is 0 Å². The van der Waals surface area contributed by atoms with E-state index in [2.05, 4.69) is 24.8 Å². The molecule has 0 saturated heterocycles. The van der Waals surface area contributed by atoms with E-state index in [1.165, 1.54) is 5.56 Å². The van der Waals surface area contributed by atoms with Crippen molar-refractivity contribution >= 4 is 6.08 Å². The van der Waals surface area contributed by atoms with Crippen molar-refractivity contribution in [2.45, 2.75) is 0 Å². The van der Waals surface area contributed by atoms with Crippen LogP contribution in [-0.2, 0) is 0 Å². The third kappa shape index (κ3) is 8.34. The summed E-state index contributed by atoms with van der Waals surface area (Å²) in [6, 6.07) is 10.2. The Morgan fingerprint density at radius 1 is 0.765 bits per heavy atom. The summed E-state index contributed by atoms with van der Waals surface area (Å²) in [7, 11) is 0. The van der Waals surface area contributed by atoms with Crippen molar-refractivity contribution in [3.8, 4) is 0 Å². The van der Waals surface area contributed by atoms with Gasteiger partial charge in [-0.3, -0.25) is 0 Å². The Kier molecular flexibility index (Phi) is 10.1. The van der Waals surface area contributed by atoms with Crippen LogP contribution in [0.5, 0.6) is 0 Å². The zero-order valence-electron chi connectivity index (χ0n) is 11.3. The van der Waals surface area contributed by atoms with E-state index in [0.717, 1.165) is 0 Å². The summed E-state index contributed by atoms with van der Waals surface area (Å²) < 4.78 is 0. The first-order chi connectivity index (χ1) is 7.93. The molecule has 1 aromatic carbocycles. The minimum Gasteiger partial charge on any atom is -1.00 e. The molecule has 0 aliphatic carbocycles. The molecule has 0 fully saturated rings. The van der Waals surface area contributed by atoms with Gasteiger partial charge >= 0.3 is 18.9 Å². The fourth-order valence-corrected chi connectivity index (χ4v) is 1.13. The predicted octanol–water partition coefficient (Wildman–Crippen LogP) is 1.67. The Morgan fingerprint density at radius 2 is 1.29 bits per heavy atom. The van der Waals surface area contributed by atoms with Crippen LogP contribution in [0.2, 0.25) is 0 Å². The number of hydrogen-bond acceptors (Lipinski definition) is 0. The Balaban J connectivity index is 0. The molecule has 0 bridgehead atoms. The zero-order valence-corrected chi connectivity index (χ0v) is 10.3. The zero-order chi connectivity index (χ0) is 11.5. The molecule has 1 heteroatoms. The molecule has 0 saturated carbocycles. The van der Waals surface area contributed by atoms with Crippen molar-refractivity contribution in [1.29, 1.82) is 0 Å². The second-order valence-corrected chi connectivity index (χ2v) is 3.16. The molecule has 0 nitrogen and oxygen atoms in total. The Morgan fingerprint density at radius 3 is 1.88 bits per heavy atom. The number of rotatable bonds is 5. The van der Waals surface area contributed by atoms with Crippen LogP contribution in [0.1, 0.15) is 6.99 Å². The second kappa shape index (κ2) is 11.0. The maximum atomic E-state index is 3.59. The van der Waals surface area contributed by atoms with E-state index in [4.69, 9.17) is 0 Å². The maximum absolute atomic E-state index is 3.59. The molecule has 0 unspecified atom stereocenters. The molecule has 1 rings (SSSR count). The largest absolute Gasteiger partial charge is 1.00 e. The van der Waals surface area contributed by atoms with E-state index >= 15 is 0 Å². The summed E-state index contributed by atoms with van der Waals surface area (Å²) in [6.45, 7) is 3.59. The smallest absolute Gasteiger partial charge is 1.00 e. The van der Waals surface area contributed by atoms with E-state index in [-0.39, 0.29) is 20.3 Å². The summed E-state index contributed by atoms with van der Waals surface area (Å²) in [4.78, 5) is 0. The molecule has 82 valence electrons. The first-order valence-corrected chi connectivity index (χ1v) is 5.27. The molecule has 0 spiro atoms. The quantitative estimate of drug-likeness (QED) is 0.519. The van der Waals surface area contributed by atoms with Crippen molar-refractivity contribution in [3.63, 3.8) is 0 Å². The van der Waals surface area contributed by atoms with Crippen molar-refractivity contribution in [3.05, 3.63) is 91.1 Å². The molecule has 0 radical (unpaired) electrons. The minimum absolute atomic E-state index is 0. The normalized spacial score (nSPS) is 11.5. The average molecular weight is 216 g/mol. The SMILES string of the molecule is C=CC=CC=CC=CC=Cc1ccccc1.[H-].[Li+]. The molecule has 0 aliphatic rings. The van der Waals surface area contributed by atoms with Gasteiger partial charge in [0.2, 0.25) is 0 Å². The van der Waals surface area contributed by atoms with Crippen molar-refractivity contribution in [2.24, 2.45) is 0 Å². The average Bonchev–Trinajstić information content (AvgIpc) is 2.34. The van der Waals surface area contributed by atoms with Gasteiger partial charge in [0.1, 0.15) is 0 Å². The van der Waals surface area contributed by atoms with E-state index in [1.807, 2.05) is 60.7 Å². The summed E-state index contributed by atoms with van der Waals surface area (Å²) in [5.41, 5.74) is 1.21. The van der Waals surface area contributed by atoms with Gasteiger partial charge in [0.15, 0.2) is 0 Å². The maximum Gasteiger partial charge on any atom is 1.00 e. The molecule has 1 aromatic rings. The monoisotopic (exact) mass is 216 g/mol. The molecular formula is C16H17Li. The van der Waals surface area contributed by atoms with Crippen molar-refractivity contribution < 1.29 is 20.3 Å². The third-order valence-corrected chi connectivity index (χ3v) is 1.89. The third-order valence-electron chi connectivity index (χ3n) is 1.89. The number of allylic oxidation sites excluding steroid dienone is 8.